The molecule has 2 N–H and O–H groups in total. The van der Waals surface area contributed by atoms with Gasteiger partial charge in [-0.1, -0.05) is 53.2 Å². The molecule has 11 heteroatoms. The Kier molecular flexibility index (Phi) is 6.85. The fourth-order valence-electron chi connectivity index (χ4n) is 4.25. The number of anilines is 3. The average molecular weight is 536 g/mol. The molecule has 0 unspecified atom stereocenters. The number of benzene rings is 2. The lowest BCUT2D eigenvalue weighted by Gasteiger charge is -2.30. The summed E-state index contributed by atoms with van der Waals surface area (Å²) >= 11 is 13.9. The van der Waals surface area contributed by atoms with Gasteiger partial charge < -0.3 is 10.6 Å². The van der Waals surface area contributed by atoms with Crippen LogP contribution in [0.5, 0.6) is 0 Å². The molecule has 0 bridgehead atoms. The topological polar surface area (TPSA) is 70.1 Å². The lowest BCUT2D eigenvalue weighted by atomic mass is 9.87. The maximum absolute atomic E-state index is 14.9. The lowest BCUT2D eigenvalue weighted by Crippen LogP contribution is -2.36. The molecule has 2 aliphatic rings. The molecule has 0 spiro atoms. The van der Waals surface area contributed by atoms with Crippen LogP contribution >= 0.6 is 35.0 Å². The Labute approximate surface area is 215 Å². The first-order valence-corrected chi connectivity index (χ1v) is 12.8. The van der Waals surface area contributed by atoms with Crippen molar-refractivity contribution in [3.05, 3.63) is 69.8 Å². The minimum Gasteiger partial charge on any atom is -0.324 e. The third-order valence-corrected chi connectivity index (χ3v) is 7.73. The molecule has 0 aliphatic carbocycles. The Morgan fingerprint density at radius 2 is 1.77 bits per heavy atom. The van der Waals surface area contributed by atoms with E-state index in [1.54, 1.807) is 30.3 Å². The van der Waals surface area contributed by atoms with E-state index >= 15 is 0 Å². The minimum atomic E-state index is -2.88. The molecule has 2 aliphatic heterocycles. The number of nitrogens with one attached hydrogen (secondary N) is 2. The molecule has 2 aromatic carbocycles. The monoisotopic (exact) mass is 535 g/mol. The van der Waals surface area contributed by atoms with E-state index in [1.807, 2.05) is 0 Å². The number of rotatable bonds is 5. The van der Waals surface area contributed by atoms with E-state index in [0.29, 0.717) is 57.9 Å². The summed E-state index contributed by atoms with van der Waals surface area (Å²) < 4.78 is 29.8. The Bertz CT molecular complexity index is 1230. The first-order chi connectivity index (χ1) is 16.8. The van der Waals surface area contributed by atoms with Crippen molar-refractivity contribution in [1.29, 1.82) is 0 Å². The van der Waals surface area contributed by atoms with Crippen molar-refractivity contribution >= 4 is 58.2 Å². The van der Waals surface area contributed by atoms with Crippen molar-refractivity contribution in [3.63, 3.8) is 0 Å². The summed E-state index contributed by atoms with van der Waals surface area (Å²) in [6, 6.07) is 11.1. The number of amides is 1. The van der Waals surface area contributed by atoms with Crippen LogP contribution in [-0.4, -0.2) is 34.8 Å². The van der Waals surface area contributed by atoms with Gasteiger partial charge in [-0.15, -0.1) is 0 Å². The highest BCUT2D eigenvalue weighted by atomic mass is 35.5. The van der Waals surface area contributed by atoms with Crippen LogP contribution in [-0.2, 0) is 5.92 Å². The van der Waals surface area contributed by atoms with Gasteiger partial charge in [0.25, 0.3) is 11.8 Å². The standard InChI is InChI=1S/C24H21Cl2F2N5OS/c25-18-2-1-3-19(26)20(18)33-13-35-21-17(22(33)34)12-30-23(32-21)31-16-6-4-14(5-7-16)24(27,28)15-8-10-29-11-9-15/h1-7,12,15,29H,8-11,13H2,(H,30,31,32). The summed E-state index contributed by atoms with van der Waals surface area (Å²) in [5, 5.41) is 7.42. The number of thioether (sulfide) groups is 1. The number of fused-ring (bicyclic) bond motifs is 1. The second-order valence-corrected chi connectivity index (χ2v) is 10.1. The molecule has 0 saturated carbocycles. The van der Waals surface area contributed by atoms with Crippen molar-refractivity contribution in [2.45, 2.75) is 23.8 Å². The number of carbonyl (C=O) groups excluding carboxylic acids is 1. The number of alkyl halides is 2. The van der Waals surface area contributed by atoms with Crippen LogP contribution in [0.2, 0.25) is 10.0 Å². The molecule has 1 saturated heterocycles. The summed E-state index contributed by atoms with van der Waals surface area (Å²) in [5.74, 6) is -3.29. The number of aromatic nitrogens is 2. The highest BCUT2D eigenvalue weighted by Gasteiger charge is 2.41. The van der Waals surface area contributed by atoms with Crippen molar-refractivity contribution in [3.8, 4) is 0 Å². The Morgan fingerprint density at radius 1 is 1.09 bits per heavy atom. The minimum absolute atomic E-state index is 0.000728. The van der Waals surface area contributed by atoms with Gasteiger partial charge in [-0.2, -0.15) is 0 Å². The largest absolute Gasteiger partial charge is 0.324 e. The number of nitrogens with zero attached hydrogens (tertiary/aromatic N) is 3. The Morgan fingerprint density at radius 3 is 2.46 bits per heavy atom. The molecule has 5 rings (SSSR count). The van der Waals surface area contributed by atoms with E-state index in [0.717, 1.165) is 0 Å². The first kappa shape index (κ1) is 24.2. The fourth-order valence-corrected chi connectivity index (χ4v) is 5.80. The van der Waals surface area contributed by atoms with Gasteiger partial charge in [0.05, 0.1) is 27.2 Å². The van der Waals surface area contributed by atoms with Crippen LogP contribution in [0, 0.1) is 5.92 Å². The average Bonchev–Trinajstić information content (AvgIpc) is 2.86. The number of halogens is 4. The van der Waals surface area contributed by atoms with E-state index in [9.17, 15) is 13.6 Å². The van der Waals surface area contributed by atoms with Crippen molar-refractivity contribution < 1.29 is 13.6 Å². The quantitative estimate of drug-likeness (QED) is 0.372. The second-order valence-electron chi connectivity index (χ2n) is 8.34. The first-order valence-electron chi connectivity index (χ1n) is 11.1. The molecule has 1 amide bonds. The number of hydrogen-bond donors (Lipinski definition) is 2. The van der Waals surface area contributed by atoms with Crippen LogP contribution in [0.3, 0.4) is 0 Å². The molecule has 1 aromatic heterocycles. The smallest absolute Gasteiger partial charge is 0.276 e. The fraction of sp³-hybridized carbons (Fsp3) is 0.292. The van der Waals surface area contributed by atoms with Gasteiger partial charge in [-0.25, -0.2) is 18.7 Å². The maximum Gasteiger partial charge on any atom is 0.276 e. The molecule has 182 valence electrons. The molecule has 0 atom stereocenters. The molecule has 6 nitrogen and oxygen atoms in total. The maximum atomic E-state index is 14.9. The van der Waals surface area contributed by atoms with Gasteiger partial charge in [0.2, 0.25) is 5.95 Å². The summed E-state index contributed by atoms with van der Waals surface area (Å²) in [6.07, 6.45) is 2.34. The molecule has 1 fully saturated rings. The van der Waals surface area contributed by atoms with Crippen molar-refractivity contribution in [1.82, 2.24) is 15.3 Å². The number of para-hydroxylation sites is 1. The van der Waals surface area contributed by atoms with Crippen LogP contribution in [0.15, 0.2) is 53.7 Å². The van der Waals surface area contributed by atoms with Crippen molar-refractivity contribution in [2.75, 3.05) is 29.2 Å². The number of hydrogen-bond acceptors (Lipinski definition) is 6. The highest BCUT2D eigenvalue weighted by Crippen LogP contribution is 2.41. The molecule has 3 heterocycles. The molecular formula is C24H21Cl2F2N5OS. The third kappa shape index (κ3) is 4.82. The van der Waals surface area contributed by atoms with Gasteiger partial charge in [0, 0.05) is 23.4 Å². The van der Waals surface area contributed by atoms with Crippen LogP contribution in [0.1, 0.15) is 28.8 Å². The zero-order valence-electron chi connectivity index (χ0n) is 18.4. The lowest BCUT2D eigenvalue weighted by molar-refractivity contribution is -0.0753. The van der Waals surface area contributed by atoms with E-state index < -0.39 is 11.8 Å². The van der Waals surface area contributed by atoms with Crippen LogP contribution in [0.25, 0.3) is 0 Å². The van der Waals surface area contributed by atoms with E-state index in [-0.39, 0.29) is 23.3 Å². The summed E-state index contributed by atoms with van der Waals surface area (Å²) in [4.78, 5) is 23.3. The van der Waals surface area contributed by atoms with Gasteiger partial charge >= 0.3 is 0 Å². The van der Waals surface area contributed by atoms with E-state index in [1.165, 1.54) is 35.0 Å². The van der Waals surface area contributed by atoms with Crippen LogP contribution in [0.4, 0.5) is 26.1 Å². The zero-order valence-corrected chi connectivity index (χ0v) is 20.7. The zero-order chi connectivity index (χ0) is 24.6. The van der Waals surface area contributed by atoms with Gasteiger partial charge in [0.15, 0.2) is 0 Å². The third-order valence-electron chi connectivity index (χ3n) is 6.14. The predicted octanol–water partition coefficient (Wildman–Crippen LogP) is 6.33. The number of carbonyl (C=O) groups is 1. The summed E-state index contributed by atoms with van der Waals surface area (Å²) in [7, 11) is 0. The summed E-state index contributed by atoms with van der Waals surface area (Å²) in [5.41, 5.74) is 1.36. The molecular weight excluding hydrogens is 515 g/mol. The Balaban J connectivity index is 1.31. The van der Waals surface area contributed by atoms with Crippen molar-refractivity contribution in [2.24, 2.45) is 5.92 Å². The number of piperidine rings is 1. The molecule has 3 aromatic rings. The van der Waals surface area contributed by atoms with E-state index in [4.69, 9.17) is 23.2 Å². The second kappa shape index (κ2) is 9.89. The predicted molar refractivity (Wildman–Crippen MR) is 135 cm³/mol. The normalized spacial score (nSPS) is 16.8. The highest BCUT2D eigenvalue weighted by molar-refractivity contribution is 7.99. The molecule has 0 radical (unpaired) electrons. The van der Waals surface area contributed by atoms with Gasteiger partial charge in [0.1, 0.15) is 5.03 Å². The van der Waals surface area contributed by atoms with Gasteiger partial charge in [-0.05, 0) is 50.2 Å². The summed E-state index contributed by atoms with van der Waals surface area (Å²) in [6.45, 7) is 1.22. The molecule has 35 heavy (non-hydrogen) atoms. The SMILES string of the molecule is O=C1c2cnc(Nc3ccc(C(F)(F)C4CCNCC4)cc3)nc2SCN1c1c(Cl)cccc1Cl. The van der Waals surface area contributed by atoms with Gasteiger partial charge in [-0.3, -0.25) is 9.69 Å². The van der Waals surface area contributed by atoms with Crippen LogP contribution < -0.4 is 15.5 Å². The van der Waals surface area contributed by atoms with E-state index in [2.05, 4.69) is 20.6 Å². The Hall–Kier alpha value is -2.46.